The summed E-state index contributed by atoms with van der Waals surface area (Å²) in [6, 6.07) is 24.4. The zero-order chi connectivity index (χ0) is 23.9. The lowest BCUT2D eigenvalue weighted by molar-refractivity contribution is -0.147. The Balaban J connectivity index is 1.48. The Kier molecular flexibility index (Phi) is 7.10. The van der Waals surface area contributed by atoms with Crippen molar-refractivity contribution in [2.24, 2.45) is 0 Å². The number of rotatable bonds is 7. The van der Waals surface area contributed by atoms with Crippen molar-refractivity contribution in [3.05, 3.63) is 108 Å². The Labute approximate surface area is 195 Å². The predicted octanol–water partition coefficient (Wildman–Crippen LogP) is 3.22. The van der Waals surface area contributed by atoms with Gasteiger partial charge in [-0.15, -0.1) is 0 Å². The van der Waals surface area contributed by atoms with Crippen molar-refractivity contribution in [3.63, 3.8) is 0 Å². The molecule has 3 aromatic rings. The molecule has 0 aliphatic carbocycles. The molecule has 0 saturated carbocycles. The third kappa shape index (κ3) is 5.36. The molecule has 1 aliphatic rings. The first-order valence-electron chi connectivity index (χ1n) is 10.5. The van der Waals surface area contributed by atoms with Gasteiger partial charge in [0, 0.05) is 0 Å². The minimum absolute atomic E-state index is 0.218. The van der Waals surface area contributed by atoms with Gasteiger partial charge in [0.1, 0.15) is 12.7 Å². The van der Waals surface area contributed by atoms with Crippen LogP contribution in [0, 0.1) is 0 Å². The molecule has 0 N–H and O–H groups in total. The van der Waals surface area contributed by atoms with E-state index in [1.165, 1.54) is 24.3 Å². The molecule has 4 rings (SSSR count). The van der Waals surface area contributed by atoms with E-state index in [0.717, 1.165) is 0 Å². The molecule has 1 saturated heterocycles. The van der Waals surface area contributed by atoms with Gasteiger partial charge in [0.05, 0.1) is 16.7 Å². The number of Topliss-reactive ketones (excluding diaryl/α,β-unsaturated/α-hetero) is 1. The quantitative estimate of drug-likeness (QED) is 0.391. The van der Waals surface area contributed by atoms with Crippen LogP contribution in [0.4, 0.5) is 0 Å². The molecule has 3 aromatic carbocycles. The molecular formula is C26H20O8. The van der Waals surface area contributed by atoms with E-state index < -0.39 is 48.8 Å². The Morgan fingerprint density at radius 3 is 1.59 bits per heavy atom. The van der Waals surface area contributed by atoms with Crippen LogP contribution in [0.3, 0.4) is 0 Å². The molecule has 1 fully saturated rings. The van der Waals surface area contributed by atoms with Crippen molar-refractivity contribution in [2.75, 3.05) is 6.61 Å². The highest BCUT2D eigenvalue weighted by Crippen LogP contribution is 2.24. The largest absolute Gasteiger partial charge is 0.459 e. The topological polar surface area (TPSA) is 105 Å². The smallest absolute Gasteiger partial charge is 0.340 e. The summed E-state index contributed by atoms with van der Waals surface area (Å²) in [5.41, 5.74) is 0.743. The molecule has 34 heavy (non-hydrogen) atoms. The van der Waals surface area contributed by atoms with Gasteiger partial charge in [-0.25, -0.2) is 14.4 Å². The van der Waals surface area contributed by atoms with E-state index in [4.69, 9.17) is 18.9 Å². The summed E-state index contributed by atoms with van der Waals surface area (Å²) < 4.78 is 21.4. The summed E-state index contributed by atoms with van der Waals surface area (Å²) in [5.74, 6) is -2.96. The van der Waals surface area contributed by atoms with Crippen molar-refractivity contribution in [1.82, 2.24) is 0 Å². The fourth-order valence-electron chi connectivity index (χ4n) is 3.27. The summed E-state index contributed by atoms with van der Waals surface area (Å²) >= 11 is 0. The monoisotopic (exact) mass is 460 g/mol. The number of hydrogen-bond donors (Lipinski definition) is 0. The number of benzene rings is 3. The second-order valence-electron chi connectivity index (χ2n) is 7.34. The molecule has 8 nitrogen and oxygen atoms in total. The number of carbonyl (C=O) groups is 4. The van der Waals surface area contributed by atoms with Crippen molar-refractivity contribution in [2.45, 2.75) is 18.5 Å². The Bertz CT molecular complexity index is 1160. The number of esters is 3. The van der Waals surface area contributed by atoms with Gasteiger partial charge in [-0.2, -0.15) is 0 Å². The molecule has 172 valence electrons. The summed E-state index contributed by atoms with van der Waals surface area (Å²) in [5, 5.41) is 0. The van der Waals surface area contributed by atoms with Crippen LogP contribution in [-0.4, -0.2) is 48.8 Å². The number of carbonyl (C=O) groups excluding carboxylic acids is 4. The van der Waals surface area contributed by atoms with Gasteiger partial charge in [-0.3, -0.25) is 4.79 Å². The second-order valence-corrected chi connectivity index (χ2v) is 7.34. The van der Waals surface area contributed by atoms with E-state index >= 15 is 0 Å². The molecule has 3 atom stereocenters. The van der Waals surface area contributed by atoms with Crippen LogP contribution in [0.5, 0.6) is 0 Å². The summed E-state index contributed by atoms with van der Waals surface area (Å²) in [7, 11) is 0. The van der Waals surface area contributed by atoms with Gasteiger partial charge >= 0.3 is 17.9 Å². The lowest BCUT2D eigenvalue weighted by Crippen LogP contribution is -2.36. The van der Waals surface area contributed by atoms with Crippen LogP contribution in [0.2, 0.25) is 0 Å². The van der Waals surface area contributed by atoms with E-state index in [1.54, 1.807) is 66.7 Å². The van der Waals surface area contributed by atoms with E-state index in [1.807, 2.05) is 0 Å². The molecule has 0 aromatic heterocycles. The van der Waals surface area contributed by atoms with E-state index in [-0.39, 0.29) is 11.1 Å². The van der Waals surface area contributed by atoms with Gasteiger partial charge in [0.15, 0.2) is 6.10 Å². The maximum absolute atomic E-state index is 12.9. The Morgan fingerprint density at radius 1 is 0.647 bits per heavy atom. The lowest BCUT2D eigenvalue weighted by Gasteiger charge is -2.17. The maximum Gasteiger partial charge on any atom is 0.340 e. The maximum atomic E-state index is 12.9. The van der Waals surface area contributed by atoms with Crippen LogP contribution >= 0.6 is 0 Å². The summed E-state index contributed by atoms with van der Waals surface area (Å²) in [6.45, 7) is -0.397. The molecular weight excluding hydrogens is 440 g/mol. The van der Waals surface area contributed by atoms with Gasteiger partial charge < -0.3 is 18.9 Å². The van der Waals surface area contributed by atoms with Crippen LogP contribution in [0.1, 0.15) is 31.1 Å². The van der Waals surface area contributed by atoms with Gasteiger partial charge in [-0.05, 0) is 36.4 Å². The average molecular weight is 460 g/mol. The highest BCUT2D eigenvalue weighted by molar-refractivity contribution is 5.97. The molecule has 8 heteroatoms. The Hall–Kier alpha value is -4.30. The van der Waals surface area contributed by atoms with Crippen molar-refractivity contribution >= 4 is 23.7 Å². The molecule has 0 radical (unpaired) electrons. The van der Waals surface area contributed by atoms with Crippen LogP contribution in [0.25, 0.3) is 0 Å². The van der Waals surface area contributed by atoms with E-state index in [9.17, 15) is 19.2 Å². The summed E-state index contributed by atoms with van der Waals surface area (Å²) in [4.78, 5) is 50.2. The first-order valence-corrected chi connectivity index (χ1v) is 10.5. The summed E-state index contributed by atoms with van der Waals surface area (Å²) in [6.07, 6.45) is -4.23. The molecule has 0 bridgehead atoms. The average Bonchev–Trinajstić information content (AvgIpc) is 3.17. The molecule has 1 aliphatic heterocycles. The number of ether oxygens (including phenoxy) is 4. The minimum atomic E-state index is -1.62. The third-order valence-electron chi connectivity index (χ3n) is 5.00. The lowest BCUT2D eigenvalue weighted by atomic mass is 10.1. The minimum Gasteiger partial charge on any atom is -0.459 e. The van der Waals surface area contributed by atoms with E-state index in [0.29, 0.717) is 5.56 Å². The fraction of sp³-hybridized carbons (Fsp3) is 0.154. The van der Waals surface area contributed by atoms with Crippen molar-refractivity contribution < 1.29 is 38.1 Å². The molecule has 0 spiro atoms. The molecule has 0 amide bonds. The zero-order valence-electron chi connectivity index (χ0n) is 17.9. The van der Waals surface area contributed by atoms with Crippen LogP contribution in [0.15, 0.2) is 91.0 Å². The van der Waals surface area contributed by atoms with Gasteiger partial charge in [-0.1, -0.05) is 54.6 Å². The molecule has 2 unspecified atom stereocenters. The van der Waals surface area contributed by atoms with Gasteiger partial charge in [0.2, 0.25) is 5.78 Å². The number of hydrogen-bond acceptors (Lipinski definition) is 8. The third-order valence-corrected chi connectivity index (χ3v) is 5.00. The second kappa shape index (κ2) is 10.5. The van der Waals surface area contributed by atoms with E-state index in [2.05, 4.69) is 0 Å². The van der Waals surface area contributed by atoms with Crippen molar-refractivity contribution in [1.29, 1.82) is 0 Å². The highest BCUT2D eigenvalue weighted by Gasteiger charge is 2.49. The highest BCUT2D eigenvalue weighted by atomic mass is 16.7. The zero-order valence-corrected chi connectivity index (χ0v) is 17.9. The SMILES string of the molecule is O=C(OCC1OC(OC(=O)c2ccccc2)C(=O)[C@@H]1OC(=O)c1ccccc1)c1ccccc1. The van der Waals surface area contributed by atoms with Crippen LogP contribution < -0.4 is 0 Å². The molecule has 1 heterocycles. The Morgan fingerprint density at radius 2 is 1.09 bits per heavy atom. The fourth-order valence-corrected chi connectivity index (χ4v) is 3.27. The van der Waals surface area contributed by atoms with Gasteiger partial charge in [0.25, 0.3) is 6.29 Å². The first kappa shape index (κ1) is 22.9. The number of ketones is 1. The standard InChI is InChI=1S/C26H20O8/c27-21-22(33-24(29)18-12-6-2-7-13-18)20(16-31-23(28)17-10-4-1-5-11-17)32-26(21)34-25(30)19-14-8-3-9-15-19/h1-15,20,22,26H,16H2/t20?,22-,26?/m1/s1. The first-order chi connectivity index (χ1) is 16.5. The van der Waals surface area contributed by atoms with Crippen molar-refractivity contribution in [3.8, 4) is 0 Å². The predicted molar refractivity (Wildman–Crippen MR) is 118 cm³/mol. The normalized spacial score (nSPS) is 19.3. The van der Waals surface area contributed by atoms with Crippen LogP contribution in [-0.2, 0) is 23.7 Å².